The molecule has 2 rings (SSSR count). The first-order chi connectivity index (χ1) is 9.20. The summed E-state index contributed by atoms with van der Waals surface area (Å²) in [6.45, 7) is 0. The van der Waals surface area contributed by atoms with Crippen LogP contribution in [0.25, 0.3) is 0 Å². The van der Waals surface area contributed by atoms with Crippen molar-refractivity contribution in [2.75, 3.05) is 12.9 Å². The molecular formula is C15H19FO2S. The summed E-state index contributed by atoms with van der Waals surface area (Å²) < 4.78 is 18.2. The molecule has 0 saturated heterocycles. The van der Waals surface area contributed by atoms with Crippen molar-refractivity contribution in [1.82, 2.24) is 0 Å². The molecule has 0 aromatic heterocycles. The minimum absolute atomic E-state index is 0.00652. The maximum absolute atomic E-state index is 13.7. The van der Waals surface area contributed by atoms with Gasteiger partial charge >= 0.3 is 5.97 Å². The quantitative estimate of drug-likeness (QED) is 0.763. The fourth-order valence-corrected chi connectivity index (χ4v) is 3.64. The van der Waals surface area contributed by atoms with Crippen molar-refractivity contribution in [3.05, 3.63) is 35.1 Å². The molecule has 2 nitrogen and oxygen atoms in total. The van der Waals surface area contributed by atoms with Crippen molar-refractivity contribution in [3.8, 4) is 0 Å². The average Bonchev–Trinajstić information content (AvgIpc) is 2.91. The molecule has 1 aromatic rings. The van der Waals surface area contributed by atoms with Crippen molar-refractivity contribution >= 4 is 17.7 Å². The molecule has 0 amide bonds. The van der Waals surface area contributed by atoms with Crippen molar-refractivity contribution in [3.63, 3.8) is 0 Å². The fourth-order valence-electron chi connectivity index (χ4n) is 2.44. The molecule has 19 heavy (non-hydrogen) atoms. The zero-order valence-corrected chi connectivity index (χ0v) is 12.0. The van der Waals surface area contributed by atoms with E-state index in [0.29, 0.717) is 0 Å². The van der Waals surface area contributed by atoms with E-state index in [1.165, 1.54) is 44.9 Å². The summed E-state index contributed by atoms with van der Waals surface area (Å²) in [5.74, 6) is 1.67. The van der Waals surface area contributed by atoms with E-state index >= 15 is 0 Å². The van der Waals surface area contributed by atoms with Crippen LogP contribution in [0, 0.1) is 11.7 Å². The van der Waals surface area contributed by atoms with Crippen LogP contribution in [0.4, 0.5) is 4.39 Å². The summed E-state index contributed by atoms with van der Waals surface area (Å²) >= 11 is 1.85. The van der Waals surface area contributed by atoms with Crippen molar-refractivity contribution in [1.29, 1.82) is 0 Å². The van der Waals surface area contributed by atoms with E-state index in [0.717, 1.165) is 23.0 Å². The van der Waals surface area contributed by atoms with Crippen molar-refractivity contribution in [2.24, 2.45) is 5.92 Å². The number of hydrogen-bond acceptors (Lipinski definition) is 3. The van der Waals surface area contributed by atoms with Gasteiger partial charge in [0.25, 0.3) is 0 Å². The van der Waals surface area contributed by atoms with Gasteiger partial charge in [0.05, 0.1) is 12.7 Å². The van der Waals surface area contributed by atoms with E-state index in [4.69, 9.17) is 0 Å². The van der Waals surface area contributed by atoms with Gasteiger partial charge in [0.2, 0.25) is 0 Å². The highest BCUT2D eigenvalue weighted by Crippen LogP contribution is 2.29. The fraction of sp³-hybridized carbons (Fsp3) is 0.533. The van der Waals surface area contributed by atoms with Crippen molar-refractivity contribution in [2.45, 2.75) is 31.4 Å². The van der Waals surface area contributed by atoms with Gasteiger partial charge in [-0.2, -0.15) is 11.8 Å². The number of halogens is 1. The van der Waals surface area contributed by atoms with Crippen LogP contribution < -0.4 is 0 Å². The predicted octanol–water partition coefficient (Wildman–Crippen LogP) is 4.04. The number of rotatable bonds is 5. The number of benzene rings is 1. The summed E-state index contributed by atoms with van der Waals surface area (Å²) in [5.41, 5.74) is 0.931. The minimum atomic E-state index is -0.623. The van der Waals surface area contributed by atoms with Gasteiger partial charge in [-0.1, -0.05) is 18.9 Å². The summed E-state index contributed by atoms with van der Waals surface area (Å²) in [7, 11) is 1.26. The smallest absolute Gasteiger partial charge is 0.340 e. The molecule has 0 bridgehead atoms. The number of hydrogen-bond donors (Lipinski definition) is 0. The van der Waals surface area contributed by atoms with Gasteiger partial charge in [0.1, 0.15) is 5.82 Å². The molecule has 0 spiro atoms. The number of thioether (sulfide) groups is 1. The summed E-state index contributed by atoms with van der Waals surface area (Å²) in [4.78, 5) is 11.3. The van der Waals surface area contributed by atoms with Crippen LogP contribution in [0.2, 0.25) is 0 Å². The number of methoxy groups -OCH3 is 1. The Morgan fingerprint density at radius 2 is 2.16 bits per heavy atom. The highest BCUT2D eigenvalue weighted by atomic mass is 32.2. The van der Waals surface area contributed by atoms with Crippen LogP contribution >= 0.6 is 11.8 Å². The third-order valence-corrected chi connectivity index (χ3v) is 4.78. The maximum Gasteiger partial charge on any atom is 0.340 e. The van der Waals surface area contributed by atoms with Crippen LogP contribution in [0.3, 0.4) is 0 Å². The lowest BCUT2D eigenvalue weighted by Crippen LogP contribution is -2.04. The number of esters is 1. The molecule has 0 atom stereocenters. The Balaban J connectivity index is 1.87. The molecule has 1 saturated carbocycles. The molecule has 4 heteroatoms. The van der Waals surface area contributed by atoms with Crippen LogP contribution in [0.15, 0.2) is 18.2 Å². The molecule has 1 aliphatic rings. The lowest BCUT2D eigenvalue weighted by atomic mass is 10.1. The average molecular weight is 282 g/mol. The Morgan fingerprint density at radius 3 is 2.79 bits per heavy atom. The molecule has 1 aliphatic carbocycles. The Labute approximate surface area is 117 Å². The van der Waals surface area contributed by atoms with Gasteiger partial charge in [0, 0.05) is 5.75 Å². The van der Waals surface area contributed by atoms with Crippen molar-refractivity contribution < 1.29 is 13.9 Å². The van der Waals surface area contributed by atoms with E-state index in [2.05, 4.69) is 4.74 Å². The van der Waals surface area contributed by atoms with E-state index in [1.54, 1.807) is 6.07 Å². The van der Waals surface area contributed by atoms with E-state index in [9.17, 15) is 9.18 Å². The first-order valence-corrected chi connectivity index (χ1v) is 7.80. The summed E-state index contributed by atoms with van der Waals surface area (Å²) in [6.07, 6.45) is 5.38. The lowest BCUT2D eigenvalue weighted by Gasteiger charge is -2.09. The second kappa shape index (κ2) is 6.94. The first kappa shape index (κ1) is 14.4. The second-order valence-corrected chi connectivity index (χ2v) is 6.00. The van der Waals surface area contributed by atoms with Gasteiger partial charge in [-0.25, -0.2) is 9.18 Å². The second-order valence-electron chi connectivity index (χ2n) is 4.97. The normalized spacial score (nSPS) is 15.7. The maximum atomic E-state index is 13.7. The summed E-state index contributed by atoms with van der Waals surface area (Å²) in [5, 5.41) is 0. The van der Waals surface area contributed by atoms with Gasteiger partial charge in [-0.05, 0) is 42.2 Å². The molecular weight excluding hydrogens is 263 g/mol. The zero-order valence-electron chi connectivity index (χ0n) is 11.2. The van der Waals surface area contributed by atoms with Gasteiger partial charge in [-0.3, -0.25) is 0 Å². The lowest BCUT2D eigenvalue weighted by molar-refractivity contribution is 0.0595. The third kappa shape index (κ3) is 3.96. The predicted molar refractivity (Wildman–Crippen MR) is 75.9 cm³/mol. The molecule has 0 heterocycles. The highest BCUT2D eigenvalue weighted by Gasteiger charge is 2.15. The van der Waals surface area contributed by atoms with E-state index < -0.39 is 11.8 Å². The van der Waals surface area contributed by atoms with E-state index in [1.807, 2.05) is 11.8 Å². The van der Waals surface area contributed by atoms with Gasteiger partial charge in [-0.15, -0.1) is 0 Å². The molecule has 0 unspecified atom stereocenters. The van der Waals surface area contributed by atoms with Crippen LogP contribution in [0.5, 0.6) is 0 Å². The molecule has 0 aliphatic heterocycles. The van der Waals surface area contributed by atoms with Gasteiger partial charge in [0.15, 0.2) is 0 Å². The molecule has 1 aromatic carbocycles. The Morgan fingerprint density at radius 1 is 1.42 bits per heavy atom. The minimum Gasteiger partial charge on any atom is -0.465 e. The largest absolute Gasteiger partial charge is 0.465 e. The SMILES string of the molecule is COC(=O)c1ccc(CSCC2CCCC2)cc1F. The summed E-state index contributed by atoms with van der Waals surface area (Å²) in [6, 6.07) is 4.75. The monoisotopic (exact) mass is 282 g/mol. The molecule has 0 N–H and O–H groups in total. The Bertz CT molecular complexity index is 442. The van der Waals surface area contributed by atoms with E-state index in [-0.39, 0.29) is 5.56 Å². The zero-order chi connectivity index (χ0) is 13.7. The van der Waals surface area contributed by atoms with Crippen LogP contribution in [0.1, 0.15) is 41.6 Å². The Kier molecular flexibility index (Phi) is 5.25. The number of carbonyl (C=O) groups is 1. The standard InChI is InChI=1S/C15H19FO2S/c1-18-15(17)13-7-6-12(8-14(13)16)10-19-9-11-4-2-3-5-11/h6-8,11H,2-5,9-10H2,1H3. The van der Waals surface area contributed by atoms with Gasteiger partial charge < -0.3 is 4.74 Å². The number of ether oxygens (including phenoxy) is 1. The molecule has 104 valence electrons. The topological polar surface area (TPSA) is 26.3 Å². The molecule has 0 radical (unpaired) electrons. The number of carbonyl (C=O) groups excluding carboxylic acids is 1. The van der Waals surface area contributed by atoms with Crippen LogP contribution in [-0.2, 0) is 10.5 Å². The van der Waals surface area contributed by atoms with Crippen LogP contribution in [-0.4, -0.2) is 18.8 Å². The highest BCUT2D eigenvalue weighted by molar-refractivity contribution is 7.98. The molecule has 1 fully saturated rings. The Hall–Kier alpha value is -1.03. The first-order valence-electron chi connectivity index (χ1n) is 6.65. The third-order valence-electron chi connectivity index (χ3n) is 3.54.